The predicted molar refractivity (Wildman–Crippen MR) is 77.0 cm³/mol. The minimum Gasteiger partial charge on any atom is -0.497 e. The fourth-order valence-electron chi connectivity index (χ4n) is 1.79. The average Bonchev–Trinajstić information content (AvgIpc) is 2.48. The van der Waals surface area contributed by atoms with E-state index in [-0.39, 0.29) is 5.25 Å². The van der Waals surface area contributed by atoms with E-state index < -0.39 is 11.6 Å². The molecular weight excluding hydrogens is 280 g/mol. The van der Waals surface area contributed by atoms with Gasteiger partial charge in [-0.25, -0.2) is 8.78 Å². The zero-order valence-corrected chi connectivity index (χ0v) is 11.8. The van der Waals surface area contributed by atoms with E-state index in [1.807, 2.05) is 24.3 Å². The van der Waals surface area contributed by atoms with Crippen LogP contribution >= 0.6 is 11.8 Å². The van der Waals surface area contributed by atoms with E-state index in [9.17, 15) is 8.78 Å². The number of halogens is 2. The molecule has 0 heterocycles. The third kappa shape index (κ3) is 3.49. The van der Waals surface area contributed by atoms with Crippen LogP contribution in [0.25, 0.3) is 0 Å². The van der Waals surface area contributed by atoms with Gasteiger partial charge in [-0.15, -0.1) is 11.8 Å². The van der Waals surface area contributed by atoms with Crippen LogP contribution in [0.15, 0.2) is 47.4 Å². The monoisotopic (exact) mass is 295 g/mol. The van der Waals surface area contributed by atoms with Gasteiger partial charge < -0.3 is 10.5 Å². The van der Waals surface area contributed by atoms with Crippen LogP contribution in [0, 0.1) is 11.6 Å². The van der Waals surface area contributed by atoms with Crippen molar-refractivity contribution in [1.29, 1.82) is 0 Å². The molecule has 0 fully saturated rings. The normalized spacial score (nSPS) is 12.2. The molecule has 2 rings (SSSR count). The van der Waals surface area contributed by atoms with Crippen LogP contribution in [-0.4, -0.2) is 13.7 Å². The van der Waals surface area contributed by atoms with E-state index in [0.717, 1.165) is 17.4 Å². The first-order valence-corrected chi connectivity index (χ1v) is 6.97. The van der Waals surface area contributed by atoms with Crippen LogP contribution in [0.3, 0.4) is 0 Å². The van der Waals surface area contributed by atoms with Crippen molar-refractivity contribution in [2.24, 2.45) is 5.73 Å². The number of hydrogen-bond donors (Lipinski definition) is 1. The molecule has 0 aliphatic heterocycles. The van der Waals surface area contributed by atoms with Gasteiger partial charge in [0.2, 0.25) is 0 Å². The molecule has 5 heteroatoms. The summed E-state index contributed by atoms with van der Waals surface area (Å²) >= 11 is 1.41. The van der Waals surface area contributed by atoms with Gasteiger partial charge in [-0.3, -0.25) is 0 Å². The highest BCUT2D eigenvalue weighted by molar-refractivity contribution is 7.99. The molecule has 106 valence electrons. The first-order valence-electron chi connectivity index (χ1n) is 6.09. The van der Waals surface area contributed by atoms with Crippen molar-refractivity contribution in [3.05, 3.63) is 59.7 Å². The van der Waals surface area contributed by atoms with Gasteiger partial charge in [0.1, 0.15) is 5.75 Å². The summed E-state index contributed by atoms with van der Waals surface area (Å²) in [5.41, 5.74) is 6.79. The maximum atomic E-state index is 13.2. The predicted octanol–water partition coefficient (Wildman–Crippen LogP) is 3.77. The second kappa shape index (κ2) is 6.72. The van der Waals surface area contributed by atoms with Crippen molar-refractivity contribution in [3.63, 3.8) is 0 Å². The molecule has 0 spiro atoms. The molecule has 20 heavy (non-hydrogen) atoms. The molecule has 0 amide bonds. The van der Waals surface area contributed by atoms with E-state index in [4.69, 9.17) is 10.5 Å². The van der Waals surface area contributed by atoms with Gasteiger partial charge in [0.05, 0.1) is 7.11 Å². The molecule has 0 radical (unpaired) electrons. The number of thioether (sulfide) groups is 1. The molecule has 2 N–H and O–H groups in total. The van der Waals surface area contributed by atoms with Gasteiger partial charge in [-0.05, 0) is 35.9 Å². The molecule has 2 nitrogen and oxygen atoms in total. The van der Waals surface area contributed by atoms with Crippen LogP contribution < -0.4 is 10.5 Å². The van der Waals surface area contributed by atoms with E-state index in [1.165, 1.54) is 17.8 Å². The largest absolute Gasteiger partial charge is 0.497 e. The molecule has 0 aliphatic rings. The zero-order valence-electron chi connectivity index (χ0n) is 11.0. The Labute approximate surface area is 120 Å². The summed E-state index contributed by atoms with van der Waals surface area (Å²) in [6.07, 6.45) is 0. The summed E-state index contributed by atoms with van der Waals surface area (Å²) in [5, 5.41) is -0.0224. The minimum atomic E-state index is -0.847. The molecule has 0 saturated heterocycles. The lowest BCUT2D eigenvalue weighted by molar-refractivity contribution is 0.414. The standard InChI is InChI=1S/C15H15F2NOS/c1-19-11-4-2-10(3-5-11)15(9-18)20-12-6-7-13(16)14(17)8-12/h2-8,15H,9,18H2,1H3. The van der Waals surface area contributed by atoms with Gasteiger partial charge in [0.15, 0.2) is 11.6 Å². The third-order valence-corrected chi connectivity index (χ3v) is 4.15. The Hall–Kier alpha value is -1.59. The highest BCUT2D eigenvalue weighted by atomic mass is 32.2. The van der Waals surface area contributed by atoms with Crippen LogP contribution in [0.5, 0.6) is 5.75 Å². The number of rotatable bonds is 5. The van der Waals surface area contributed by atoms with E-state index in [1.54, 1.807) is 13.2 Å². The lowest BCUT2D eigenvalue weighted by Gasteiger charge is -2.15. The molecule has 0 aliphatic carbocycles. The molecule has 0 bridgehead atoms. The average molecular weight is 295 g/mol. The third-order valence-electron chi connectivity index (χ3n) is 2.87. The van der Waals surface area contributed by atoms with Crippen molar-refractivity contribution in [3.8, 4) is 5.75 Å². The molecule has 1 unspecified atom stereocenters. The quantitative estimate of drug-likeness (QED) is 0.853. The summed E-state index contributed by atoms with van der Waals surface area (Å²) in [6, 6.07) is 11.4. The van der Waals surface area contributed by atoms with Crippen LogP contribution in [-0.2, 0) is 0 Å². The second-order valence-electron chi connectivity index (χ2n) is 4.19. The number of methoxy groups -OCH3 is 1. The first-order chi connectivity index (χ1) is 9.63. The van der Waals surface area contributed by atoms with Crippen molar-refractivity contribution >= 4 is 11.8 Å². The summed E-state index contributed by atoms with van der Waals surface area (Å²) in [5.74, 6) is -0.925. The van der Waals surface area contributed by atoms with Gasteiger partial charge in [-0.2, -0.15) is 0 Å². The Morgan fingerprint density at radius 2 is 1.80 bits per heavy atom. The number of hydrogen-bond acceptors (Lipinski definition) is 3. The fourth-order valence-corrected chi connectivity index (χ4v) is 2.82. The van der Waals surface area contributed by atoms with Crippen molar-refractivity contribution < 1.29 is 13.5 Å². The van der Waals surface area contributed by atoms with Gasteiger partial charge in [0, 0.05) is 16.7 Å². The smallest absolute Gasteiger partial charge is 0.159 e. The lowest BCUT2D eigenvalue weighted by atomic mass is 10.1. The minimum absolute atomic E-state index is 0.0224. The highest BCUT2D eigenvalue weighted by Crippen LogP contribution is 2.35. The Bertz CT molecular complexity index is 575. The number of ether oxygens (including phenoxy) is 1. The second-order valence-corrected chi connectivity index (χ2v) is 5.47. The van der Waals surface area contributed by atoms with E-state index in [0.29, 0.717) is 11.4 Å². The molecule has 0 saturated carbocycles. The maximum Gasteiger partial charge on any atom is 0.159 e. The van der Waals surface area contributed by atoms with Gasteiger partial charge in [0.25, 0.3) is 0 Å². The number of benzene rings is 2. The summed E-state index contributed by atoms with van der Waals surface area (Å²) in [6.45, 7) is 0.399. The lowest BCUT2D eigenvalue weighted by Crippen LogP contribution is -2.09. The maximum absolute atomic E-state index is 13.2. The number of nitrogens with two attached hydrogens (primary N) is 1. The topological polar surface area (TPSA) is 35.2 Å². The van der Waals surface area contributed by atoms with E-state index in [2.05, 4.69) is 0 Å². The highest BCUT2D eigenvalue weighted by Gasteiger charge is 2.13. The Kier molecular flexibility index (Phi) is 4.98. The zero-order chi connectivity index (χ0) is 14.5. The Morgan fingerprint density at radius 3 is 2.35 bits per heavy atom. The van der Waals surface area contributed by atoms with Gasteiger partial charge in [-0.1, -0.05) is 12.1 Å². The molecule has 1 atom stereocenters. The Morgan fingerprint density at radius 1 is 1.10 bits per heavy atom. The summed E-state index contributed by atoms with van der Waals surface area (Å²) in [7, 11) is 1.60. The molecule has 2 aromatic rings. The van der Waals surface area contributed by atoms with Crippen LogP contribution in [0.4, 0.5) is 8.78 Å². The van der Waals surface area contributed by atoms with Crippen LogP contribution in [0.1, 0.15) is 10.8 Å². The first kappa shape index (κ1) is 14.8. The Balaban J connectivity index is 2.16. The van der Waals surface area contributed by atoms with Crippen LogP contribution in [0.2, 0.25) is 0 Å². The van der Waals surface area contributed by atoms with Crippen molar-refractivity contribution in [2.45, 2.75) is 10.1 Å². The summed E-state index contributed by atoms with van der Waals surface area (Å²) < 4.78 is 31.2. The molecule has 0 aromatic heterocycles. The molecule has 2 aromatic carbocycles. The SMILES string of the molecule is COc1ccc(C(CN)Sc2ccc(F)c(F)c2)cc1. The van der Waals surface area contributed by atoms with Crippen molar-refractivity contribution in [2.75, 3.05) is 13.7 Å². The molecular formula is C15H15F2NOS. The fraction of sp³-hybridized carbons (Fsp3) is 0.200. The van der Waals surface area contributed by atoms with Crippen molar-refractivity contribution in [1.82, 2.24) is 0 Å². The van der Waals surface area contributed by atoms with E-state index >= 15 is 0 Å². The summed E-state index contributed by atoms with van der Waals surface area (Å²) in [4.78, 5) is 0.648. The van der Waals surface area contributed by atoms with Gasteiger partial charge >= 0.3 is 0 Å².